The van der Waals surface area contributed by atoms with Crippen molar-refractivity contribution in [3.8, 4) is 0 Å². The summed E-state index contributed by atoms with van der Waals surface area (Å²) >= 11 is 0. The van der Waals surface area contributed by atoms with Crippen LogP contribution in [0.5, 0.6) is 0 Å². The Morgan fingerprint density at radius 2 is 2.00 bits per heavy atom. The molecule has 19 heavy (non-hydrogen) atoms. The highest BCUT2D eigenvalue weighted by atomic mass is 35.5. The summed E-state index contributed by atoms with van der Waals surface area (Å²) in [6, 6.07) is 7.74. The predicted octanol–water partition coefficient (Wildman–Crippen LogP) is 1.63. The van der Waals surface area contributed by atoms with Crippen LogP contribution >= 0.6 is 12.4 Å². The number of halogens is 1. The minimum Gasteiger partial charge on any atom is -0.478 e. The number of carboxylic acids is 1. The molecule has 0 aliphatic rings. The fourth-order valence-electron chi connectivity index (χ4n) is 1.49. The van der Waals surface area contributed by atoms with E-state index in [1.807, 2.05) is 35.0 Å². The summed E-state index contributed by atoms with van der Waals surface area (Å²) in [7, 11) is 0. The number of hydrogen-bond acceptors (Lipinski definition) is 2. The largest absolute Gasteiger partial charge is 0.478 e. The molecule has 0 saturated carbocycles. The zero-order chi connectivity index (χ0) is 12.1. The molecule has 0 amide bonds. The lowest BCUT2D eigenvalue weighted by Gasteiger charge is -2.02. The highest BCUT2D eigenvalue weighted by Crippen LogP contribution is 2.07. The second-order valence-electron chi connectivity index (χ2n) is 3.65. The van der Waals surface area contributed by atoms with Gasteiger partial charge in [-0.15, -0.1) is 12.4 Å². The van der Waals surface area contributed by atoms with E-state index < -0.39 is 5.97 Å². The summed E-state index contributed by atoms with van der Waals surface area (Å²) in [6.45, 7) is 0.767. The lowest BCUT2D eigenvalue weighted by molar-refractivity contribution is -0.131. The van der Waals surface area contributed by atoms with Crippen molar-refractivity contribution < 1.29 is 15.4 Å². The summed E-state index contributed by atoms with van der Waals surface area (Å²) in [5, 5.41) is 8.50. The van der Waals surface area contributed by atoms with Crippen LogP contribution in [0.1, 0.15) is 11.1 Å². The molecule has 1 aromatic carbocycles. The zero-order valence-corrected chi connectivity index (χ0v) is 10.9. The van der Waals surface area contributed by atoms with Crippen LogP contribution in [0, 0.1) is 0 Å². The maximum Gasteiger partial charge on any atom is 0.328 e. The molecular weight excluding hydrogens is 268 g/mol. The fraction of sp³-hybridized carbons (Fsp3) is 0.0769. The summed E-state index contributed by atoms with van der Waals surface area (Å²) in [6.07, 6.45) is 8.11. The fourth-order valence-corrected chi connectivity index (χ4v) is 1.49. The van der Waals surface area contributed by atoms with E-state index >= 15 is 0 Å². The van der Waals surface area contributed by atoms with Gasteiger partial charge in [-0.05, 0) is 17.2 Å². The lowest BCUT2D eigenvalue weighted by Crippen LogP contribution is -1.95. The Labute approximate surface area is 116 Å². The van der Waals surface area contributed by atoms with E-state index in [-0.39, 0.29) is 17.9 Å². The van der Waals surface area contributed by atoms with Gasteiger partial charge in [-0.1, -0.05) is 24.3 Å². The number of carbonyl (C=O) groups is 1. The molecule has 0 aliphatic carbocycles. The van der Waals surface area contributed by atoms with Gasteiger partial charge >= 0.3 is 5.97 Å². The third-order valence-electron chi connectivity index (χ3n) is 2.32. The van der Waals surface area contributed by atoms with Crippen molar-refractivity contribution in [3.63, 3.8) is 0 Å². The minimum atomic E-state index is -0.938. The van der Waals surface area contributed by atoms with E-state index in [1.165, 1.54) is 0 Å². The molecule has 102 valence electrons. The van der Waals surface area contributed by atoms with Crippen LogP contribution in [0.4, 0.5) is 0 Å². The van der Waals surface area contributed by atoms with Crippen molar-refractivity contribution in [2.24, 2.45) is 0 Å². The van der Waals surface area contributed by atoms with Crippen molar-refractivity contribution >= 4 is 24.5 Å². The molecule has 0 saturated heterocycles. The normalized spacial score (nSPS) is 9.68. The van der Waals surface area contributed by atoms with Crippen molar-refractivity contribution in [2.45, 2.75) is 6.54 Å². The van der Waals surface area contributed by atoms with Crippen LogP contribution in [-0.4, -0.2) is 26.1 Å². The van der Waals surface area contributed by atoms with Crippen LogP contribution in [-0.2, 0) is 11.3 Å². The SMILES string of the molecule is Cl.O.O=C(O)/C=C/c1ccc(Cn2ccnc2)cc1. The van der Waals surface area contributed by atoms with Gasteiger partial charge in [0.05, 0.1) is 6.33 Å². The molecule has 0 atom stereocenters. The molecule has 5 nitrogen and oxygen atoms in total. The standard InChI is InChI=1S/C13H12N2O2.ClH.H2O/c16-13(17)6-5-11-1-3-12(4-2-11)9-15-8-7-14-10-15;;/h1-8,10H,9H2,(H,16,17);1H;1H2/b6-5+;;. The molecule has 0 radical (unpaired) electrons. The average molecular weight is 283 g/mol. The summed E-state index contributed by atoms with van der Waals surface area (Å²) < 4.78 is 1.97. The molecule has 0 aliphatic heterocycles. The molecule has 0 fully saturated rings. The van der Waals surface area contributed by atoms with Crippen LogP contribution in [0.15, 0.2) is 49.1 Å². The molecule has 3 N–H and O–H groups in total. The zero-order valence-electron chi connectivity index (χ0n) is 10.1. The molecule has 2 aromatic rings. The molecule has 2 rings (SSSR count). The number of imidazole rings is 1. The third kappa shape index (κ3) is 5.37. The van der Waals surface area contributed by atoms with Gasteiger partial charge in [0.2, 0.25) is 0 Å². The number of hydrogen-bond donors (Lipinski definition) is 1. The van der Waals surface area contributed by atoms with Crippen LogP contribution < -0.4 is 0 Å². The van der Waals surface area contributed by atoms with Crippen molar-refractivity contribution in [1.82, 2.24) is 9.55 Å². The van der Waals surface area contributed by atoms with E-state index in [2.05, 4.69) is 4.98 Å². The van der Waals surface area contributed by atoms with E-state index in [1.54, 1.807) is 18.6 Å². The Bertz CT molecular complexity index is 521. The first-order valence-corrected chi connectivity index (χ1v) is 5.20. The van der Waals surface area contributed by atoms with Gasteiger partial charge in [0.1, 0.15) is 0 Å². The summed E-state index contributed by atoms with van der Waals surface area (Å²) in [5.41, 5.74) is 2.03. The highest BCUT2D eigenvalue weighted by Gasteiger charge is 1.95. The van der Waals surface area contributed by atoms with E-state index in [0.717, 1.165) is 23.7 Å². The first-order chi connectivity index (χ1) is 8.24. The Kier molecular flexibility index (Phi) is 7.18. The maximum absolute atomic E-state index is 10.4. The van der Waals surface area contributed by atoms with Gasteiger partial charge in [0.15, 0.2) is 0 Å². The number of carboxylic acid groups (broad SMARTS) is 1. The Morgan fingerprint density at radius 3 is 2.53 bits per heavy atom. The van der Waals surface area contributed by atoms with Gasteiger partial charge in [0, 0.05) is 25.0 Å². The third-order valence-corrected chi connectivity index (χ3v) is 2.32. The molecule has 0 spiro atoms. The van der Waals surface area contributed by atoms with Crippen molar-refractivity contribution in [3.05, 3.63) is 60.2 Å². The molecule has 6 heteroatoms. The van der Waals surface area contributed by atoms with Gasteiger partial charge < -0.3 is 15.1 Å². The van der Waals surface area contributed by atoms with Gasteiger partial charge in [-0.3, -0.25) is 0 Å². The highest BCUT2D eigenvalue weighted by molar-refractivity contribution is 5.85. The van der Waals surface area contributed by atoms with Crippen molar-refractivity contribution in [2.75, 3.05) is 0 Å². The second kappa shape index (κ2) is 8.07. The molecule has 1 heterocycles. The van der Waals surface area contributed by atoms with E-state index in [0.29, 0.717) is 0 Å². The van der Waals surface area contributed by atoms with Crippen LogP contribution in [0.2, 0.25) is 0 Å². The Morgan fingerprint density at radius 1 is 1.32 bits per heavy atom. The minimum absolute atomic E-state index is 0. The van der Waals surface area contributed by atoms with Crippen LogP contribution in [0.25, 0.3) is 6.08 Å². The number of rotatable bonds is 4. The first kappa shape index (κ1) is 16.9. The number of aromatic nitrogens is 2. The molecule has 0 bridgehead atoms. The molecule has 0 unspecified atom stereocenters. The number of aliphatic carboxylic acids is 1. The van der Waals surface area contributed by atoms with E-state index in [9.17, 15) is 4.79 Å². The number of nitrogens with zero attached hydrogens (tertiary/aromatic N) is 2. The summed E-state index contributed by atoms with van der Waals surface area (Å²) in [4.78, 5) is 14.3. The first-order valence-electron chi connectivity index (χ1n) is 5.20. The second-order valence-corrected chi connectivity index (χ2v) is 3.65. The summed E-state index contributed by atoms with van der Waals surface area (Å²) in [5.74, 6) is -0.938. The Balaban J connectivity index is 0.00000162. The predicted molar refractivity (Wildman–Crippen MR) is 75.3 cm³/mol. The topological polar surface area (TPSA) is 86.6 Å². The lowest BCUT2D eigenvalue weighted by atomic mass is 10.1. The van der Waals surface area contributed by atoms with Gasteiger partial charge in [0.25, 0.3) is 0 Å². The maximum atomic E-state index is 10.4. The van der Waals surface area contributed by atoms with Gasteiger partial charge in [-0.25, -0.2) is 9.78 Å². The number of benzene rings is 1. The smallest absolute Gasteiger partial charge is 0.328 e. The van der Waals surface area contributed by atoms with Crippen LogP contribution in [0.3, 0.4) is 0 Å². The quantitative estimate of drug-likeness (QED) is 0.865. The molecule has 1 aromatic heterocycles. The Hall–Kier alpha value is -2.11. The molecular formula is C13H15ClN2O3. The van der Waals surface area contributed by atoms with E-state index in [4.69, 9.17) is 5.11 Å². The van der Waals surface area contributed by atoms with Gasteiger partial charge in [-0.2, -0.15) is 0 Å². The monoisotopic (exact) mass is 282 g/mol. The van der Waals surface area contributed by atoms with Crippen molar-refractivity contribution in [1.29, 1.82) is 0 Å². The average Bonchev–Trinajstić information content (AvgIpc) is 2.81.